The Morgan fingerprint density at radius 1 is 1.40 bits per heavy atom. The zero-order valence-corrected chi connectivity index (χ0v) is 7.41. The zero-order chi connectivity index (χ0) is 10.8. The second kappa shape index (κ2) is 3.36. The second-order valence-electron chi connectivity index (χ2n) is 2.81. The van der Waals surface area contributed by atoms with E-state index >= 15 is 0 Å². The van der Waals surface area contributed by atoms with Gasteiger partial charge in [-0.2, -0.15) is 0 Å². The van der Waals surface area contributed by atoms with Crippen LogP contribution in [0.5, 0.6) is 0 Å². The third-order valence-corrected chi connectivity index (χ3v) is 1.94. The van der Waals surface area contributed by atoms with Crippen molar-refractivity contribution < 1.29 is 9.59 Å². The number of ketones is 2. The lowest BCUT2D eigenvalue weighted by Crippen LogP contribution is -2.17. The summed E-state index contributed by atoms with van der Waals surface area (Å²) in [5, 5.41) is 3.15. The normalized spacial score (nSPS) is 14.0. The number of pyridine rings is 1. The molecule has 6 nitrogen and oxygen atoms in total. The summed E-state index contributed by atoms with van der Waals surface area (Å²) in [5.41, 5.74) is 8.26. The summed E-state index contributed by atoms with van der Waals surface area (Å²) in [4.78, 5) is 29.3. The average molecular weight is 200 g/mol. The van der Waals surface area contributed by atoms with Crippen LogP contribution in [0.15, 0.2) is 35.2 Å². The predicted molar refractivity (Wildman–Crippen MR) is 50.1 cm³/mol. The van der Waals surface area contributed by atoms with Crippen molar-refractivity contribution in [2.24, 2.45) is 5.11 Å². The first-order chi connectivity index (χ1) is 7.24. The van der Waals surface area contributed by atoms with Gasteiger partial charge in [-0.05, 0) is 23.7 Å². The largest absolute Gasteiger partial charge is 0.289 e. The first-order valence-electron chi connectivity index (χ1n) is 4.05. The number of aromatic nitrogens is 1. The first-order valence-corrected chi connectivity index (χ1v) is 4.05. The minimum atomic E-state index is -0.525. The maximum Gasteiger partial charge on any atom is 0.214 e. The number of Topliss-reactive ketones (excluding diaryl/α,β-unsaturated/α-hetero) is 1. The van der Waals surface area contributed by atoms with Gasteiger partial charge in [0.15, 0.2) is 5.78 Å². The number of nitrogens with zero attached hydrogens (tertiary/aromatic N) is 4. The standard InChI is InChI=1S/C9H4N4O2/c10-13-12-6-4-7(14)5-2-1-3-11-8(5)9(6)15/h1-4H. The summed E-state index contributed by atoms with van der Waals surface area (Å²) < 4.78 is 0. The van der Waals surface area contributed by atoms with E-state index in [-0.39, 0.29) is 22.7 Å². The minimum absolute atomic E-state index is 0.0346. The van der Waals surface area contributed by atoms with E-state index in [1.54, 1.807) is 6.07 Å². The number of carbonyl (C=O) groups excluding carboxylic acids is 2. The van der Waals surface area contributed by atoms with Crippen molar-refractivity contribution in [1.29, 1.82) is 0 Å². The molecule has 6 heteroatoms. The van der Waals surface area contributed by atoms with E-state index < -0.39 is 5.78 Å². The molecule has 1 aromatic heterocycles. The summed E-state index contributed by atoms with van der Waals surface area (Å²) in [6.07, 6.45) is 2.43. The quantitative estimate of drug-likeness (QED) is 0.391. The predicted octanol–water partition coefficient (Wildman–Crippen LogP) is 1.65. The van der Waals surface area contributed by atoms with Gasteiger partial charge in [0.05, 0.1) is 11.3 Å². The molecule has 1 aromatic rings. The third kappa shape index (κ3) is 1.38. The van der Waals surface area contributed by atoms with Crippen LogP contribution in [0.2, 0.25) is 0 Å². The highest BCUT2D eigenvalue weighted by molar-refractivity contribution is 6.23. The Kier molecular flexibility index (Phi) is 2.04. The molecule has 1 heterocycles. The van der Waals surface area contributed by atoms with Gasteiger partial charge < -0.3 is 0 Å². The molecular formula is C9H4N4O2. The Balaban J connectivity index is 2.63. The molecule has 0 bridgehead atoms. The Morgan fingerprint density at radius 2 is 2.20 bits per heavy atom. The van der Waals surface area contributed by atoms with Crippen molar-refractivity contribution in [1.82, 2.24) is 4.98 Å². The molecule has 0 aromatic carbocycles. The van der Waals surface area contributed by atoms with E-state index in [9.17, 15) is 9.59 Å². The number of carbonyl (C=O) groups is 2. The highest BCUT2D eigenvalue weighted by Gasteiger charge is 2.25. The maximum absolute atomic E-state index is 11.6. The maximum atomic E-state index is 11.6. The van der Waals surface area contributed by atoms with Crippen LogP contribution in [-0.2, 0) is 0 Å². The SMILES string of the molecule is [N-]=[N+]=NC1=CC(=O)c2cccnc2C1=O. The van der Waals surface area contributed by atoms with Gasteiger partial charge in [0, 0.05) is 11.1 Å². The van der Waals surface area contributed by atoms with Crippen molar-refractivity contribution in [2.75, 3.05) is 0 Å². The first kappa shape index (κ1) is 9.11. The summed E-state index contributed by atoms with van der Waals surface area (Å²) in [6.45, 7) is 0. The highest BCUT2D eigenvalue weighted by Crippen LogP contribution is 2.19. The van der Waals surface area contributed by atoms with Crippen molar-refractivity contribution in [3.05, 3.63) is 51.8 Å². The van der Waals surface area contributed by atoms with Crippen LogP contribution in [0.3, 0.4) is 0 Å². The zero-order valence-electron chi connectivity index (χ0n) is 7.41. The van der Waals surface area contributed by atoms with Gasteiger partial charge in [0.2, 0.25) is 5.78 Å². The fourth-order valence-corrected chi connectivity index (χ4v) is 1.30. The summed E-state index contributed by atoms with van der Waals surface area (Å²) in [7, 11) is 0. The van der Waals surface area contributed by atoms with E-state index in [0.717, 1.165) is 6.08 Å². The number of azide groups is 1. The molecule has 0 atom stereocenters. The molecular weight excluding hydrogens is 196 g/mol. The van der Waals surface area contributed by atoms with Gasteiger partial charge in [-0.1, -0.05) is 5.11 Å². The van der Waals surface area contributed by atoms with E-state index in [2.05, 4.69) is 15.0 Å². The van der Waals surface area contributed by atoms with Gasteiger partial charge >= 0.3 is 0 Å². The molecule has 0 amide bonds. The third-order valence-electron chi connectivity index (χ3n) is 1.94. The number of allylic oxidation sites excluding steroid dienone is 2. The molecule has 0 radical (unpaired) electrons. The van der Waals surface area contributed by atoms with E-state index in [4.69, 9.17) is 5.53 Å². The molecule has 15 heavy (non-hydrogen) atoms. The van der Waals surface area contributed by atoms with Crippen LogP contribution in [0.25, 0.3) is 10.4 Å². The minimum Gasteiger partial charge on any atom is -0.289 e. The summed E-state index contributed by atoms with van der Waals surface area (Å²) in [6, 6.07) is 3.07. The molecule has 0 N–H and O–H groups in total. The second-order valence-corrected chi connectivity index (χ2v) is 2.81. The molecule has 0 unspecified atom stereocenters. The molecule has 0 fully saturated rings. The van der Waals surface area contributed by atoms with Crippen molar-refractivity contribution in [2.45, 2.75) is 0 Å². The molecule has 0 spiro atoms. The number of fused-ring (bicyclic) bond motifs is 1. The monoisotopic (exact) mass is 200 g/mol. The Bertz CT molecular complexity index is 541. The Morgan fingerprint density at radius 3 is 2.93 bits per heavy atom. The van der Waals surface area contributed by atoms with Crippen molar-refractivity contribution >= 4 is 11.6 Å². The lowest BCUT2D eigenvalue weighted by atomic mass is 9.98. The van der Waals surface area contributed by atoms with E-state index in [1.165, 1.54) is 12.3 Å². The Labute approximate surface area is 83.9 Å². The molecule has 1 aliphatic carbocycles. The van der Waals surface area contributed by atoms with E-state index in [1.807, 2.05) is 0 Å². The van der Waals surface area contributed by atoms with Crippen LogP contribution in [-0.4, -0.2) is 16.6 Å². The molecule has 2 rings (SSSR count). The molecule has 0 aliphatic heterocycles. The van der Waals surface area contributed by atoms with Gasteiger partial charge in [-0.15, -0.1) is 0 Å². The lowest BCUT2D eigenvalue weighted by Gasteiger charge is -2.09. The van der Waals surface area contributed by atoms with Crippen LogP contribution < -0.4 is 0 Å². The van der Waals surface area contributed by atoms with Gasteiger partial charge in [0.1, 0.15) is 5.69 Å². The van der Waals surface area contributed by atoms with E-state index in [0.29, 0.717) is 0 Å². The summed E-state index contributed by atoms with van der Waals surface area (Å²) in [5.74, 6) is -0.900. The van der Waals surface area contributed by atoms with Gasteiger partial charge in [-0.3, -0.25) is 14.6 Å². The number of hydrogen-bond donors (Lipinski definition) is 0. The van der Waals surface area contributed by atoms with Crippen LogP contribution in [0.1, 0.15) is 20.8 Å². The number of rotatable bonds is 1. The van der Waals surface area contributed by atoms with Crippen LogP contribution >= 0.6 is 0 Å². The highest BCUT2D eigenvalue weighted by atomic mass is 16.1. The number of hydrogen-bond acceptors (Lipinski definition) is 4. The van der Waals surface area contributed by atoms with Crippen molar-refractivity contribution in [3.8, 4) is 0 Å². The Hall–Kier alpha value is -2.46. The lowest BCUT2D eigenvalue weighted by molar-refractivity contribution is 0.0979. The topological polar surface area (TPSA) is 95.8 Å². The molecule has 1 aliphatic rings. The van der Waals surface area contributed by atoms with Gasteiger partial charge in [-0.25, -0.2) is 0 Å². The molecule has 72 valence electrons. The molecule has 0 saturated heterocycles. The average Bonchev–Trinajstić information content (AvgIpc) is 2.26. The van der Waals surface area contributed by atoms with Crippen LogP contribution in [0.4, 0.5) is 0 Å². The molecule has 0 saturated carbocycles. The van der Waals surface area contributed by atoms with Crippen molar-refractivity contribution in [3.63, 3.8) is 0 Å². The summed E-state index contributed by atoms with van der Waals surface area (Å²) >= 11 is 0. The van der Waals surface area contributed by atoms with Crippen LogP contribution in [0, 0.1) is 0 Å². The fourth-order valence-electron chi connectivity index (χ4n) is 1.30. The smallest absolute Gasteiger partial charge is 0.214 e. The van der Waals surface area contributed by atoms with Gasteiger partial charge in [0.25, 0.3) is 0 Å². The fraction of sp³-hybridized carbons (Fsp3) is 0.